The summed E-state index contributed by atoms with van der Waals surface area (Å²) >= 11 is 6.11. The average molecular weight is 485 g/mol. The maximum absolute atomic E-state index is 11.2. The summed E-state index contributed by atoms with van der Waals surface area (Å²) in [4.78, 5) is 15.5. The predicted octanol–water partition coefficient (Wildman–Crippen LogP) is 7.20. The Morgan fingerprint density at radius 2 is 1.66 bits per heavy atom. The van der Waals surface area contributed by atoms with Gasteiger partial charge >= 0.3 is 5.97 Å². The van der Waals surface area contributed by atoms with Gasteiger partial charge in [-0.25, -0.2) is 4.79 Å². The maximum Gasteiger partial charge on any atom is 0.337 e. The number of aromatic nitrogens is 1. The van der Waals surface area contributed by atoms with Gasteiger partial charge < -0.3 is 10.3 Å². The molecular formula is C29H25ClN2O3. The molecule has 3 aromatic carbocycles. The van der Waals surface area contributed by atoms with Gasteiger partial charge in [-0.05, 0) is 84.3 Å². The number of aryl methyl sites for hydroxylation is 2. The highest BCUT2D eigenvalue weighted by Crippen LogP contribution is 2.28. The van der Waals surface area contributed by atoms with Gasteiger partial charge in [-0.2, -0.15) is 0 Å². The number of oxime groups is 1. The minimum Gasteiger partial charge on any atom is -0.478 e. The van der Waals surface area contributed by atoms with Gasteiger partial charge in [0, 0.05) is 17.5 Å². The van der Waals surface area contributed by atoms with Crippen LogP contribution in [0.3, 0.4) is 0 Å². The van der Waals surface area contributed by atoms with E-state index in [1.54, 1.807) is 18.3 Å². The van der Waals surface area contributed by atoms with Gasteiger partial charge in [-0.1, -0.05) is 65.3 Å². The van der Waals surface area contributed by atoms with E-state index in [9.17, 15) is 10.0 Å². The predicted molar refractivity (Wildman–Crippen MR) is 140 cm³/mol. The lowest BCUT2D eigenvalue weighted by atomic mass is 9.92. The average Bonchev–Trinajstić information content (AvgIpc) is 2.85. The number of hydrogen-bond donors (Lipinski definition) is 2. The van der Waals surface area contributed by atoms with Crippen molar-refractivity contribution >= 4 is 23.3 Å². The van der Waals surface area contributed by atoms with Crippen LogP contribution in [0, 0.1) is 13.8 Å². The summed E-state index contributed by atoms with van der Waals surface area (Å²) in [7, 11) is 0. The lowest BCUT2D eigenvalue weighted by Crippen LogP contribution is -2.06. The molecule has 2 N–H and O–H groups in total. The molecule has 5 nitrogen and oxygen atoms in total. The third-order valence-corrected chi connectivity index (χ3v) is 6.42. The van der Waals surface area contributed by atoms with Crippen LogP contribution in [0.15, 0.2) is 84.1 Å². The highest BCUT2D eigenvalue weighted by molar-refractivity contribution is 6.33. The van der Waals surface area contributed by atoms with Crippen molar-refractivity contribution in [2.75, 3.05) is 0 Å². The Labute approximate surface area is 209 Å². The van der Waals surface area contributed by atoms with Gasteiger partial charge in [0.1, 0.15) is 0 Å². The fourth-order valence-electron chi connectivity index (χ4n) is 4.21. The van der Waals surface area contributed by atoms with E-state index >= 15 is 0 Å². The molecule has 0 amide bonds. The summed E-state index contributed by atoms with van der Waals surface area (Å²) in [5.74, 6) is -1.05. The van der Waals surface area contributed by atoms with E-state index in [4.69, 9.17) is 16.7 Å². The van der Waals surface area contributed by atoms with Crippen LogP contribution in [0.1, 0.15) is 39.2 Å². The molecule has 0 bridgehead atoms. The second kappa shape index (κ2) is 10.5. The third-order valence-electron chi connectivity index (χ3n) is 6.11. The molecule has 0 saturated heterocycles. The number of benzene rings is 3. The smallest absolute Gasteiger partial charge is 0.337 e. The highest BCUT2D eigenvalue weighted by atomic mass is 35.5. The van der Waals surface area contributed by atoms with Crippen LogP contribution >= 0.6 is 11.6 Å². The lowest BCUT2D eigenvalue weighted by molar-refractivity contribution is 0.0697. The van der Waals surface area contributed by atoms with Gasteiger partial charge in [0.15, 0.2) is 0 Å². The summed E-state index contributed by atoms with van der Waals surface area (Å²) in [6.45, 7) is 4.01. The largest absolute Gasteiger partial charge is 0.478 e. The highest BCUT2D eigenvalue weighted by Gasteiger charge is 2.13. The van der Waals surface area contributed by atoms with Crippen LogP contribution in [0.5, 0.6) is 0 Å². The first-order valence-electron chi connectivity index (χ1n) is 11.2. The lowest BCUT2D eigenvalue weighted by Gasteiger charge is -2.13. The van der Waals surface area contributed by atoms with E-state index in [1.165, 1.54) is 6.07 Å². The number of aromatic carboxylic acids is 1. The molecule has 0 aliphatic carbocycles. The summed E-state index contributed by atoms with van der Waals surface area (Å²) < 4.78 is 0. The first kappa shape index (κ1) is 24.2. The van der Waals surface area contributed by atoms with Crippen LogP contribution < -0.4 is 0 Å². The number of pyridine rings is 1. The normalized spacial score (nSPS) is 11.5. The van der Waals surface area contributed by atoms with E-state index < -0.39 is 5.97 Å². The monoisotopic (exact) mass is 484 g/mol. The Kier molecular flexibility index (Phi) is 7.28. The molecule has 35 heavy (non-hydrogen) atoms. The summed E-state index contributed by atoms with van der Waals surface area (Å²) in [5.41, 5.74) is 8.72. The summed E-state index contributed by atoms with van der Waals surface area (Å²) in [6, 6.07) is 23.0. The molecule has 0 unspecified atom stereocenters. The molecule has 0 aliphatic heterocycles. The number of rotatable bonds is 7. The molecule has 0 atom stereocenters. The number of carboxylic acids is 1. The molecule has 1 aromatic heterocycles. The molecule has 1 heterocycles. The standard InChI is InChI=1S/C29H25ClN2O3/c1-18-16-23(14-15-31-18)24-4-3-5-25(19(24)2)28(32-35)13-8-20-6-9-21(10-7-20)22-11-12-26(29(33)34)27(30)17-22/h3-7,9-12,14-17,35H,8,13H2,1-2H3,(H,33,34)/b32-28-. The van der Waals surface area contributed by atoms with Crippen LogP contribution in [0.2, 0.25) is 5.02 Å². The first-order valence-corrected chi connectivity index (χ1v) is 11.6. The fourth-order valence-corrected chi connectivity index (χ4v) is 4.47. The number of nitrogens with zero attached hydrogens (tertiary/aromatic N) is 2. The fraction of sp³-hybridized carbons (Fsp3) is 0.138. The molecule has 176 valence electrons. The van der Waals surface area contributed by atoms with E-state index in [2.05, 4.69) is 16.2 Å². The molecule has 0 fully saturated rings. The molecule has 6 heteroatoms. The molecule has 0 radical (unpaired) electrons. The second-order valence-electron chi connectivity index (χ2n) is 8.41. The van der Waals surface area contributed by atoms with Crippen molar-refractivity contribution in [3.8, 4) is 22.3 Å². The number of carboxylic acid groups (broad SMARTS) is 1. The van der Waals surface area contributed by atoms with Crippen molar-refractivity contribution in [1.82, 2.24) is 4.98 Å². The van der Waals surface area contributed by atoms with Gasteiger partial charge in [-0.15, -0.1) is 0 Å². The van der Waals surface area contributed by atoms with Crippen LogP contribution in [0.25, 0.3) is 22.3 Å². The number of hydrogen-bond acceptors (Lipinski definition) is 4. The van der Waals surface area contributed by atoms with E-state index in [-0.39, 0.29) is 10.6 Å². The Morgan fingerprint density at radius 3 is 2.31 bits per heavy atom. The Morgan fingerprint density at radius 1 is 0.914 bits per heavy atom. The van der Waals surface area contributed by atoms with Crippen LogP contribution in [-0.4, -0.2) is 27.0 Å². The maximum atomic E-state index is 11.2. The molecule has 4 rings (SSSR count). The molecular weight excluding hydrogens is 460 g/mol. The zero-order valence-corrected chi connectivity index (χ0v) is 20.3. The van der Waals surface area contributed by atoms with Crippen molar-refractivity contribution in [3.05, 3.63) is 112 Å². The molecule has 0 saturated carbocycles. The second-order valence-corrected chi connectivity index (χ2v) is 8.81. The Balaban J connectivity index is 1.50. The van der Waals surface area contributed by atoms with Crippen molar-refractivity contribution in [2.24, 2.45) is 5.16 Å². The van der Waals surface area contributed by atoms with Gasteiger partial charge in [0.25, 0.3) is 0 Å². The van der Waals surface area contributed by atoms with E-state index in [1.807, 2.05) is 62.4 Å². The number of carbonyl (C=O) groups is 1. The minimum absolute atomic E-state index is 0.0845. The van der Waals surface area contributed by atoms with Gasteiger partial charge in [0.05, 0.1) is 16.3 Å². The van der Waals surface area contributed by atoms with Crippen molar-refractivity contribution < 1.29 is 15.1 Å². The third kappa shape index (κ3) is 5.42. The zero-order valence-electron chi connectivity index (χ0n) is 19.5. The van der Waals surface area contributed by atoms with Crippen LogP contribution in [-0.2, 0) is 6.42 Å². The Hall–Kier alpha value is -3.96. The summed E-state index contributed by atoms with van der Waals surface area (Å²) in [5, 5.41) is 22.8. The molecule has 0 spiro atoms. The molecule has 0 aliphatic rings. The van der Waals surface area contributed by atoms with Crippen LogP contribution in [0.4, 0.5) is 0 Å². The minimum atomic E-state index is -1.05. The van der Waals surface area contributed by atoms with Gasteiger partial charge in [0.2, 0.25) is 0 Å². The van der Waals surface area contributed by atoms with E-state index in [0.717, 1.165) is 44.6 Å². The Bertz CT molecular complexity index is 1410. The van der Waals surface area contributed by atoms with Gasteiger partial charge in [-0.3, -0.25) is 4.98 Å². The topological polar surface area (TPSA) is 82.8 Å². The van der Waals surface area contributed by atoms with E-state index in [0.29, 0.717) is 18.6 Å². The number of halogens is 1. The first-order chi connectivity index (χ1) is 16.9. The SMILES string of the molecule is Cc1cc(-c2cccc(/C(CCc3ccc(-c4ccc(C(=O)O)c(Cl)c4)cc3)=N\O)c2C)ccn1. The quantitative estimate of drug-likeness (QED) is 0.165. The summed E-state index contributed by atoms with van der Waals surface area (Å²) in [6.07, 6.45) is 3.08. The zero-order chi connectivity index (χ0) is 24.9. The molecule has 4 aromatic rings. The van der Waals surface area contributed by atoms with Crippen molar-refractivity contribution in [3.63, 3.8) is 0 Å². The van der Waals surface area contributed by atoms with Crippen molar-refractivity contribution in [1.29, 1.82) is 0 Å². The van der Waals surface area contributed by atoms with Crippen molar-refractivity contribution in [2.45, 2.75) is 26.7 Å².